The van der Waals surface area contributed by atoms with E-state index in [9.17, 15) is 4.79 Å². The third kappa shape index (κ3) is 4.82. The number of anilines is 1. The fourth-order valence-electron chi connectivity index (χ4n) is 2.66. The first kappa shape index (κ1) is 19.2. The second-order valence-electron chi connectivity index (χ2n) is 6.23. The Kier molecular flexibility index (Phi) is 5.59. The fraction of sp³-hybridized carbons (Fsp3) is 0.100. The maximum atomic E-state index is 12.0. The van der Waals surface area contributed by atoms with Gasteiger partial charge < -0.3 is 11.1 Å². The first-order chi connectivity index (χ1) is 14.1. The van der Waals surface area contributed by atoms with Crippen LogP contribution in [0.2, 0.25) is 0 Å². The Labute approximate surface area is 175 Å². The van der Waals surface area contributed by atoms with E-state index in [1.165, 1.54) is 17.8 Å². The van der Waals surface area contributed by atoms with Gasteiger partial charge in [-0.25, -0.2) is 9.97 Å². The summed E-state index contributed by atoms with van der Waals surface area (Å²) in [4.78, 5) is 27.8. The quantitative estimate of drug-likeness (QED) is 0.254. The number of hydrogen-bond donors (Lipinski definition) is 3. The Morgan fingerprint density at radius 1 is 1.21 bits per heavy atom. The van der Waals surface area contributed by atoms with Crippen molar-refractivity contribution in [1.82, 2.24) is 15.0 Å². The summed E-state index contributed by atoms with van der Waals surface area (Å²) in [5, 5.41) is 3.02. The minimum absolute atomic E-state index is 0.151. The molecule has 0 amide bonds. The molecule has 4 rings (SSSR count). The van der Waals surface area contributed by atoms with Gasteiger partial charge in [-0.15, -0.1) is 11.3 Å². The smallest absolute Gasteiger partial charge is 0.252 e. The minimum Gasteiger partial charge on any atom is -0.369 e. The molecule has 0 aliphatic carbocycles. The molecule has 29 heavy (non-hydrogen) atoms. The first-order valence-corrected chi connectivity index (χ1v) is 10.6. The van der Waals surface area contributed by atoms with Gasteiger partial charge in [-0.05, 0) is 30.7 Å². The summed E-state index contributed by atoms with van der Waals surface area (Å²) >= 11 is 3.16. The Morgan fingerprint density at radius 3 is 2.83 bits per heavy atom. The number of aryl methyl sites for hydroxylation is 1. The Bertz CT molecular complexity index is 1210. The molecule has 2 aromatic carbocycles. The van der Waals surface area contributed by atoms with Crippen LogP contribution in [0.25, 0.3) is 10.2 Å². The highest BCUT2D eigenvalue weighted by molar-refractivity contribution is 8.00. The van der Waals surface area contributed by atoms with Crippen molar-refractivity contribution < 1.29 is 0 Å². The second kappa shape index (κ2) is 8.46. The summed E-state index contributed by atoms with van der Waals surface area (Å²) in [6, 6.07) is 17.2. The molecular formula is C20H18N6OS2. The summed E-state index contributed by atoms with van der Waals surface area (Å²) in [5.41, 5.74) is 9.17. The van der Waals surface area contributed by atoms with Crippen LogP contribution in [0.4, 0.5) is 11.6 Å². The molecule has 146 valence electrons. The van der Waals surface area contributed by atoms with Crippen LogP contribution in [-0.2, 0) is 5.75 Å². The molecule has 9 heteroatoms. The maximum Gasteiger partial charge on any atom is 0.252 e. The summed E-state index contributed by atoms with van der Waals surface area (Å²) in [6.07, 6.45) is 0. The highest BCUT2D eigenvalue weighted by Crippen LogP contribution is 2.30. The van der Waals surface area contributed by atoms with E-state index in [1.54, 1.807) is 11.3 Å². The number of thioether (sulfide) groups is 1. The number of nitrogens with zero attached hydrogens (tertiary/aromatic N) is 3. The number of nitrogens with two attached hydrogens (primary N) is 1. The Morgan fingerprint density at radius 2 is 2.00 bits per heavy atom. The van der Waals surface area contributed by atoms with Crippen LogP contribution in [0.5, 0.6) is 0 Å². The van der Waals surface area contributed by atoms with E-state index in [2.05, 4.69) is 25.3 Å². The number of rotatable bonds is 5. The van der Waals surface area contributed by atoms with Gasteiger partial charge in [0.2, 0.25) is 11.9 Å². The number of guanidine groups is 1. The van der Waals surface area contributed by atoms with Crippen molar-refractivity contribution in [1.29, 1.82) is 0 Å². The molecule has 0 aliphatic heterocycles. The molecule has 4 aromatic rings. The summed E-state index contributed by atoms with van der Waals surface area (Å²) < 4.78 is 2.06. The van der Waals surface area contributed by atoms with Crippen molar-refractivity contribution in [3.8, 4) is 0 Å². The van der Waals surface area contributed by atoms with Crippen LogP contribution in [0, 0.1) is 6.92 Å². The number of aromatic nitrogens is 3. The van der Waals surface area contributed by atoms with E-state index in [4.69, 9.17) is 5.73 Å². The molecule has 0 fully saturated rings. The molecule has 0 atom stereocenters. The van der Waals surface area contributed by atoms with E-state index in [0.717, 1.165) is 25.8 Å². The molecule has 0 aliphatic rings. The molecule has 7 nitrogen and oxygen atoms in total. The van der Waals surface area contributed by atoms with Crippen LogP contribution < -0.4 is 16.6 Å². The van der Waals surface area contributed by atoms with Crippen molar-refractivity contribution in [2.45, 2.75) is 17.0 Å². The zero-order chi connectivity index (χ0) is 20.2. The van der Waals surface area contributed by atoms with E-state index < -0.39 is 0 Å². The summed E-state index contributed by atoms with van der Waals surface area (Å²) in [6.45, 7) is 1.97. The molecule has 2 aromatic heterocycles. The fourth-order valence-corrected chi connectivity index (χ4v) is 4.62. The van der Waals surface area contributed by atoms with Gasteiger partial charge in [0.15, 0.2) is 4.34 Å². The van der Waals surface area contributed by atoms with Crippen LogP contribution in [-0.4, -0.2) is 20.9 Å². The lowest BCUT2D eigenvalue weighted by Crippen LogP contribution is -2.23. The SMILES string of the molecule is Cc1ccccc1NC(N)=Nc1nc(CSc2nc3ccccc3s2)cc(=O)[nH]1. The highest BCUT2D eigenvalue weighted by Gasteiger charge is 2.07. The normalized spacial score (nSPS) is 11.7. The van der Waals surface area contributed by atoms with Gasteiger partial charge in [-0.1, -0.05) is 42.1 Å². The van der Waals surface area contributed by atoms with E-state index >= 15 is 0 Å². The lowest BCUT2D eigenvalue weighted by Gasteiger charge is -2.08. The number of nitrogens with one attached hydrogen (secondary N) is 2. The highest BCUT2D eigenvalue weighted by atomic mass is 32.2. The van der Waals surface area contributed by atoms with Crippen molar-refractivity contribution in [2.24, 2.45) is 10.7 Å². The molecule has 2 heterocycles. The number of benzene rings is 2. The average Bonchev–Trinajstić information content (AvgIpc) is 3.11. The van der Waals surface area contributed by atoms with Gasteiger partial charge in [0.1, 0.15) is 0 Å². The molecule has 0 bridgehead atoms. The third-order valence-corrected chi connectivity index (χ3v) is 6.25. The Hall–Kier alpha value is -3.17. The molecule has 0 saturated carbocycles. The van der Waals surface area contributed by atoms with Crippen molar-refractivity contribution >= 4 is 50.9 Å². The van der Waals surface area contributed by atoms with Crippen LogP contribution in [0.1, 0.15) is 11.3 Å². The lowest BCUT2D eigenvalue weighted by atomic mass is 10.2. The van der Waals surface area contributed by atoms with Gasteiger partial charge in [0.25, 0.3) is 5.56 Å². The van der Waals surface area contributed by atoms with Crippen LogP contribution >= 0.6 is 23.1 Å². The number of aliphatic imine (C=N–C) groups is 1. The minimum atomic E-state index is -0.276. The molecule has 0 saturated heterocycles. The second-order valence-corrected chi connectivity index (χ2v) is 8.49. The van der Waals surface area contributed by atoms with Crippen molar-refractivity contribution in [2.75, 3.05) is 5.32 Å². The van der Waals surface area contributed by atoms with Crippen LogP contribution in [0.3, 0.4) is 0 Å². The molecule has 0 spiro atoms. The Balaban J connectivity index is 1.49. The summed E-state index contributed by atoms with van der Waals surface area (Å²) in [5.74, 6) is 0.826. The van der Waals surface area contributed by atoms with Gasteiger partial charge in [0, 0.05) is 17.5 Å². The van der Waals surface area contributed by atoms with Crippen molar-refractivity contribution in [3.63, 3.8) is 0 Å². The number of aromatic amines is 1. The molecule has 0 unspecified atom stereocenters. The van der Waals surface area contributed by atoms with Gasteiger partial charge in [-0.3, -0.25) is 9.78 Å². The maximum absolute atomic E-state index is 12.0. The van der Waals surface area contributed by atoms with Gasteiger partial charge in [-0.2, -0.15) is 4.99 Å². The molecular weight excluding hydrogens is 404 g/mol. The number of thiazole rings is 1. The summed E-state index contributed by atoms with van der Waals surface area (Å²) in [7, 11) is 0. The molecule has 4 N–H and O–H groups in total. The number of H-pyrrole nitrogens is 1. The lowest BCUT2D eigenvalue weighted by molar-refractivity contribution is 1.04. The zero-order valence-electron chi connectivity index (χ0n) is 15.5. The largest absolute Gasteiger partial charge is 0.369 e. The van der Waals surface area contributed by atoms with E-state index in [0.29, 0.717) is 11.4 Å². The predicted molar refractivity (Wildman–Crippen MR) is 120 cm³/mol. The average molecular weight is 423 g/mol. The van der Waals surface area contributed by atoms with E-state index in [1.807, 2.05) is 55.5 Å². The van der Waals surface area contributed by atoms with E-state index in [-0.39, 0.29) is 17.5 Å². The number of para-hydroxylation sites is 2. The zero-order valence-corrected chi connectivity index (χ0v) is 17.2. The van der Waals surface area contributed by atoms with Gasteiger partial charge in [0.05, 0.1) is 15.9 Å². The first-order valence-electron chi connectivity index (χ1n) is 8.82. The standard InChI is InChI=1S/C20H18N6OS2/c1-12-6-2-3-7-14(12)23-18(21)26-19-22-13(10-17(27)25-19)11-28-20-24-15-8-4-5-9-16(15)29-20/h2-10H,11H2,1H3,(H4,21,22,23,25,26,27). The molecule has 0 radical (unpaired) electrons. The topological polar surface area (TPSA) is 109 Å². The van der Waals surface area contributed by atoms with Gasteiger partial charge >= 0.3 is 0 Å². The number of fused-ring (bicyclic) bond motifs is 1. The van der Waals surface area contributed by atoms with Crippen LogP contribution in [0.15, 0.2) is 68.7 Å². The monoisotopic (exact) mass is 422 g/mol. The predicted octanol–water partition coefficient (Wildman–Crippen LogP) is 4.04. The van der Waals surface area contributed by atoms with Crippen molar-refractivity contribution in [3.05, 3.63) is 76.2 Å². The number of hydrogen-bond acceptors (Lipinski definition) is 6. The third-order valence-electron chi connectivity index (χ3n) is 4.03.